The highest BCUT2D eigenvalue weighted by Gasteiger charge is 2.27. The first-order chi connectivity index (χ1) is 16.4. The number of pyridine rings is 1. The maximum Gasteiger partial charge on any atom is 0.261 e. The van der Waals surface area contributed by atoms with E-state index >= 15 is 0 Å². The van der Waals surface area contributed by atoms with E-state index in [1.165, 1.54) is 0 Å². The fraction of sp³-hybridized carbons (Fsp3) is 0.296. The summed E-state index contributed by atoms with van der Waals surface area (Å²) >= 11 is 0. The van der Waals surface area contributed by atoms with Crippen molar-refractivity contribution in [2.45, 2.75) is 39.5 Å². The smallest absolute Gasteiger partial charge is 0.261 e. The Hall–Kier alpha value is -4.05. The van der Waals surface area contributed by atoms with E-state index in [-0.39, 0.29) is 17.9 Å². The first-order valence-electron chi connectivity index (χ1n) is 11.1. The van der Waals surface area contributed by atoms with Gasteiger partial charge >= 0.3 is 0 Å². The zero-order valence-corrected chi connectivity index (χ0v) is 19.8. The topological polar surface area (TPSA) is 93.5 Å². The van der Waals surface area contributed by atoms with Crippen molar-refractivity contribution in [3.05, 3.63) is 83.7 Å². The minimum Gasteiger partial charge on any atom is -0.493 e. The molecule has 7 heteroatoms. The Morgan fingerprint density at radius 1 is 1.03 bits per heavy atom. The number of nitriles is 1. The Morgan fingerprint density at radius 3 is 2.44 bits per heavy atom. The van der Waals surface area contributed by atoms with Crippen molar-refractivity contribution < 1.29 is 19.0 Å². The van der Waals surface area contributed by atoms with Crippen LogP contribution in [0, 0.1) is 17.2 Å². The lowest BCUT2D eigenvalue weighted by molar-refractivity contribution is -0.130. The zero-order valence-electron chi connectivity index (χ0n) is 19.8. The van der Waals surface area contributed by atoms with Gasteiger partial charge in [0.05, 0.1) is 18.7 Å². The number of benzene rings is 2. The number of nitrogens with one attached hydrogen (secondary N) is 1. The van der Waals surface area contributed by atoms with E-state index in [0.717, 1.165) is 11.1 Å². The van der Waals surface area contributed by atoms with Gasteiger partial charge in [0.25, 0.3) is 5.91 Å². The van der Waals surface area contributed by atoms with E-state index in [1.807, 2.05) is 51.1 Å². The van der Waals surface area contributed by atoms with Crippen LogP contribution in [0.3, 0.4) is 0 Å². The Labute approximate surface area is 200 Å². The highest BCUT2D eigenvalue weighted by molar-refractivity contribution is 5.82. The Morgan fingerprint density at radius 2 is 1.76 bits per heavy atom. The Kier molecular flexibility index (Phi) is 8.47. The van der Waals surface area contributed by atoms with Crippen LogP contribution in [-0.4, -0.2) is 24.1 Å². The van der Waals surface area contributed by atoms with E-state index < -0.39 is 6.10 Å². The molecule has 0 saturated heterocycles. The Balaban J connectivity index is 1.69. The molecule has 3 aromatic rings. The molecule has 1 aromatic heterocycles. The normalized spacial score (nSPS) is 12.4. The number of ether oxygens (including phenoxy) is 3. The second-order valence-electron chi connectivity index (χ2n) is 8.18. The zero-order chi connectivity index (χ0) is 24.5. The van der Waals surface area contributed by atoms with E-state index in [2.05, 4.69) is 16.4 Å². The van der Waals surface area contributed by atoms with Gasteiger partial charge < -0.3 is 19.5 Å². The van der Waals surface area contributed by atoms with Crippen molar-refractivity contribution in [2.75, 3.05) is 7.11 Å². The van der Waals surface area contributed by atoms with Crippen LogP contribution in [0.2, 0.25) is 0 Å². The van der Waals surface area contributed by atoms with Crippen molar-refractivity contribution in [3.63, 3.8) is 0 Å². The van der Waals surface area contributed by atoms with Crippen molar-refractivity contribution in [2.24, 2.45) is 5.92 Å². The van der Waals surface area contributed by atoms with Crippen LogP contribution in [0.4, 0.5) is 0 Å². The molecule has 0 aliphatic rings. The number of hydrogen-bond donors (Lipinski definition) is 1. The maximum absolute atomic E-state index is 13.1. The molecule has 1 N–H and O–H groups in total. The molecule has 2 unspecified atom stereocenters. The third-order valence-corrected chi connectivity index (χ3v) is 5.32. The van der Waals surface area contributed by atoms with Gasteiger partial charge in [0.1, 0.15) is 18.4 Å². The maximum atomic E-state index is 13.1. The third kappa shape index (κ3) is 6.26. The second-order valence-corrected chi connectivity index (χ2v) is 8.18. The van der Waals surface area contributed by atoms with Crippen molar-refractivity contribution in [3.8, 4) is 23.3 Å². The summed E-state index contributed by atoms with van der Waals surface area (Å²) in [6.07, 6.45) is 2.69. The van der Waals surface area contributed by atoms with Crippen molar-refractivity contribution in [1.82, 2.24) is 10.3 Å². The predicted octanol–water partition coefficient (Wildman–Crippen LogP) is 4.82. The third-order valence-electron chi connectivity index (χ3n) is 5.32. The molecule has 0 radical (unpaired) electrons. The first-order valence-corrected chi connectivity index (χ1v) is 11.1. The summed E-state index contributed by atoms with van der Waals surface area (Å²) in [7, 11) is 1.58. The number of carbonyl (C=O) groups is 1. The van der Waals surface area contributed by atoms with Crippen LogP contribution >= 0.6 is 0 Å². The lowest BCUT2D eigenvalue weighted by Crippen LogP contribution is -2.42. The number of carbonyl (C=O) groups excluding carboxylic acids is 1. The van der Waals surface area contributed by atoms with Crippen LogP contribution < -0.4 is 19.5 Å². The molecular formula is C27H29N3O4. The fourth-order valence-electron chi connectivity index (χ4n) is 3.38. The molecule has 0 spiro atoms. The number of methoxy groups -OCH3 is 1. The standard InChI is InChI=1S/C27H29N3O4/c1-18(2)26(34-23-8-6-5-7-22(23)16-28)27(31)30-19(3)21-9-10-24(25(15-21)32-4)33-17-20-11-13-29-14-12-20/h5-15,18-19,26H,17H2,1-4H3,(H,30,31). The molecule has 0 saturated carbocycles. The molecule has 2 atom stereocenters. The van der Waals surface area contributed by atoms with Gasteiger partial charge in [0, 0.05) is 12.4 Å². The monoisotopic (exact) mass is 459 g/mol. The molecule has 1 heterocycles. The van der Waals surface area contributed by atoms with E-state index in [4.69, 9.17) is 14.2 Å². The summed E-state index contributed by atoms with van der Waals surface area (Å²) in [5.41, 5.74) is 2.25. The molecule has 1 amide bonds. The minimum atomic E-state index is -0.748. The van der Waals surface area contributed by atoms with Gasteiger partial charge in [-0.1, -0.05) is 32.0 Å². The van der Waals surface area contributed by atoms with E-state index in [0.29, 0.717) is 29.4 Å². The number of hydrogen-bond acceptors (Lipinski definition) is 6. The number of rotatable bonds is 10. The summed E-state index contributed by atoms with van der Waals surface area (Å²) < 4.78 is 17.4. The summed E-state index contributed by atoms with van der Waals surface area (Å²) in [4.78, 5) is 17.1. The summed E-state index contributed by atoms with van der Waals surface area (Å²) in [5.74, 6) is 1.22. The van der Waals surface area contributed by atoms with Gasteiger partial charge in [-0.25, -0.2) is 0 Å². The van der Waals surface area contributed by atoms with E-state index in [9.17, 15) is 10.1 Å². The number of para-hydroxylation sites is 1. The molecule has 2 aromatic carbocycles. The van der Waals surface area contributed by atoms with Crippen molar-refractivity contribution >= 4 is 5.91 Å². The highest BCUT2D eigenvalue weighted by atomic mass is 16.5. The lowest BCUT2D eigenvalue weighted by atomic mass is 10.0. The highest BCUT2D eigenvalue weighted by Crippen LogP contribution is 2.31. The average Bonchev–Trinajstić information content (AvgIpc) is 2.86. The second kappa shape index (κ2) is 11.7. The van der Waals surface area contributed by atoms with Crippen LogP contribution in [0.1, 0.15) is 43.5 Å². The molecule has 176 valence electrons. The molecule has 0 aliphatic heterocycles. The quantitative estimate of drug-likeness (QED) is 0.467. The molecule has 34 heavy (non-hydrogen) atoms. The Bertz CT molecular complexity index is 1140. The number of aromatic nitrogens is 1. The van der Waals surface area contributed by atoms with Crippen LogP contribution in [-0.2, 0) is 11.4 Å². The summed E-state index contributed by atoms with van der Waals surface area (Å²) in [6, 6.07) is 18.0. The molecule has 7 nitrogen and oxygen atoms in total. The first kappa shape index (κ1) is 24.6. The largest absolute Gasteiger partial charge is 0.493 e. The van der Waals surface area contributed by atoms with Crippen LogP contribution in [0.5, 0.6) is 17.2 Å². The average molecular weight is 460 g/mol. The SMILES string of the molecule is COc1cc(C(C)NC(=O)C(Oc2ccccc2C#N)C(C)C)ccc1OCc1ccncc1. The van der Waals surface area contributed by atoms with Crippen LogP contribution in [0.15, 0.2) is 67.0 Å². The number of nitrogens with zero attached hydrogens (tertiary/aromatic N) is 2. The van der Waals surface area contributed by atoms with E-state index in [1.54, 1.807) is 43.8 Å². The van der Waals surface area contributed by atoms with Crippen LogP contribution in [0.25, 0.3) is 0 Å². The van der Waals surface area contributed by atoms with Gasteiger partial charge in [-0.15, -0.1) is 0 Å². The predicted molar refractivity (Wildman–Crippen MR) is 129 cm³/mol. The molecule has 3 rings (SSSR count). The van der Waals surface area contributed by atoms with Crippen molar-refractivity contribution in [1.29, 1.82) is 5.26 Å². The van der Waals surface area contributed by atoms with Gasteiger partial charge in [-0.3, -0.25) is 9.78 Å². The van der Waals surface area contributed by atoms with Gasteiger partial charge in [0.2, 0.25) is 0 Å². The lowest BCUT2D eigenvalue weighted by Gasteiger charge is -2.25. The van der Waals surface area contributed by atoms with Gasteiger partial charge in [0.15, 0.2) is 17.6 Å². The molecular weight excluding hydrogens is 430 g/mol. The number of amides is 1. The van der Waals surface area contributed by atoms with Gasteiger partial charge in [-0.05, 0) is 60.4 Å². The van der Waals surface area contributed by atoms with Gasteiger partial charge in [-0.2, -0.15) is 5.26 Å². The molecule has 0 bridgehead atoms. The fourth-order valence-corrected chi connectivity index (χ4v) is 3.38. The summed E-state index contributed by atoms with van der Waals surface area (Å²) in [6.45, 7) is 6.09. The minimum absolute atomic E-state index is 0.0996. The molecule has 0 fully saturated rings. The molecule has 0 aliphatic carbocycles. The summed E-state index contributed by atoms with van der Waals surface area (Å²) in [5, 5.41) is 12.3.